The van der Waals surface area contributed by atoms with Crippen LogP contribution in [0.3, 0.4) is 0 Å². The van der Waals surface area contributed by atoms with Crippen LogP contribution in [0.25, 0.3) is 0 Å². The van der Waals surface area contributed by atoms with E-state index in [1.165, 1.54) is 0 Å². The maximum absolute atomic E-state index is 13.2. The fourth-order valence-electron chi connectivity index (χ4n) is 5.29. The number of nitrogens with one attached hydrogen (secondary N) is 1. The third-order valence-corrected chi connectivity index (χ3v) is 7.03. The summed E-state index contributed by atoms with van der Waals surface area (Å²) in [6.07, 6.45) is 3.85. The zero-order chi connectivity index (χ0) is 19.9. The molecule has 5 atom stereocenters. The van der Waals surface area contributed by atoms with Gasteiger partial charge in [0.15, 0.2) is 5.60 Å². The quantitative estimate of drug-likeness (QED) is 0.665. The van der Waals surface area contributed by atoms with E-state index < -0.39 is 11.6 Å². The van der Waals surface area contributed by atoms with Gasteiger partial charge in [0.05, 0.1) is 5.92 Å². The minimum atomic E-state index is -1.47. The second-order valence-corrected chi connectivity index (χ2v) is 8.90. The Kier molecular flexibility index (Phi) is 5.19. The number of aliphatic carboxylic acids is 1. The average Bonchev–Trinajstić information content (AvgIpc) is 3.11. The monoisotopic (exact) mass is 386 g/mol. The van der Waals surface area contributed by atoms with E-state index >= 15 is 0 Å². The van der Waals surface area contributed by atoms with Crippen LogP contribution in [0.4, 0.5) is 0 Å². The Labute approximate surface area is 165 Å². The van der Waals surface area contributed by atoms with Crippen LogP contribution < -0.4 is 5.32 Å². The van der Waals surface area contributed by atoms with Crippen molar-refractivity contribution in [2.24, 2.45) is 23.7 Å². The van der Waals surface area contributed by atoms with Gasteiger partial charge in [-0.3, -0.25) is 9.59 Å². The molecule has 152 valence electrons. The molecule has 1 aromatic rings. The molecule has 0 radical (unpaired) electrons. The molecule has 1 heterocycles. The summed E-state index contributed by atoms with van der Waals surface area (Å²) in [4.78, 5) is 26.5. The Balaban J connectivity index is 1.40. The van der Waals surface area contributed by atoms with Crippen molar-refractivity contribution in [3.05, 3.63) is 35.9 Å². The molecule has 0 bridgehead atoms. The van der Waals surface area contributed by atoms with Crippen LogP contribution in [-0.4, -0.2) is 52.7 Å². The number of fused-ring (bicyclic) bond motifs is 1. The van der Waals surface area contributed by atoms with E-state index in [0.29, 0.717) is 23.9 Å². The van der Waals surface area contributed by atoms with E-state index in [4.69, 9.17) is 5.11 Å². The fourth-order valence-corrected chi connectivity index (χ4v) is 5.29. The van der Waals surface area contributed by atoms with Crippen LogP contribution in [-0.2, 0) is 15.2 Å². The first-order valence-electron chi connectivity index (χ1n) is 10.4. The van der Waals surface area contributed by atoms with Gasteiger partial charge in [0.2, 0.25) is 0 Å². The first kappa shape index (κ1) is 19.4. The molecular formula is C22H30N2O4. The number of amides is 1. The number of piperidine rings is 1. The van der Waals surface area contributed by atoms with Crippen molar-refractivity contribution in [3.63, 3.8) is 0 Å². The second kappa shape index (κ2) is 7.48. The van der Waals surface area contributed by atoms with Crippen LogP contribution in [0.1, 0.15) is 38.2 Å². The van der Waals surface area contributed by atoms with Crippen LogP contribution in [0, 0.1) is 23.7 Å². The van der Waals surface area contributed by atoms with Crippen LogP contribution in [0.15, 0.2) is 30.3 Å². The summed E-state index contributed by atoms with van der Waals surface area (Å²) in [6, 6.07) is 9.43. The third kappa shape index (κ3) is 3.44. The third-order valence-electron chi connectivity index (χ3n) is 7.03. The van der Waals surface area contributed by atoms with Crippen molar-refractivity contribution >= 4 is 11.9 Å². The second-order valence-electron chi connectivity index (χ2n) is 8.90. The van der Waals surface area contributed by atoms with E-state index in [1.54, 1.807) is 6.92 Å². The lowest BCUT2D eigenvalue weighted by molar-refractivity contribution is -0.147. The molecule has 3 N–H and O–H groups in total. The van der Waals surface area contributed by atoms with E-state index in [9.17, 15) is 14.7 Å². The molecule has 4 rings (SSSR count). The minimum Gasteiger partial charge on any atom is -0.481 e. The van der Waals surface area contributed by atoms with Crippen LogP contribution in [0.2, 0.25) is 0 Å². The van der Waals surface area contributed by atoms with Gasteiger partial charge in [0.1, 0.15) is 0 Å². The molecule has 0 spiro atoms. The Hall–Kier alpha value is -1.92. The smallest absolute Gasteiger partial charge is 0.307 e. The number of nitrogens with zero attached hydrogens (tertiary/aromatic N) is 1. The summed E-state index contributed by atoms with van der Waals surface area (Å²) in [5.74, 6) is -0.718. The van der Waals surface area contributed by atoms with Crippen molar-refractivity contribution in [1.29, 1.82) is 0 Å². The number of benzene rings is 1. The summed E-state index contributed by atoms with van der Waals surface area (Å²) in [6.45, 7) is 3.92. The molecule has 1 amide bonds. The van der Waals surface area contributed by atoms with Gasteiger partial charge in [-0.25, -0.2) is 0 Å². The first-order valence-corrected chi connectivity index (χ1v) is 10.4. The summed E-state index contributed by atoms with van der Waals surface area (Å²) in [5, 5.41) is 23.8. The number of carbonyl (C=O) groups excluding carboxylic acids is 1. The molecule has 3 aliphatic rings. The standard InChI is InChI=1S/C22H30N2O4/c1-14(20(25)26)11-24-12-17-18(13-24)19(17)23-21(27)22(28,16-9-5-6-10-16)15-7-3-2-4-8-15/h2-4,7-8,14,16-19,28H,5-6,9-13H2,1H3,(H,23,27)(H,25,26)/t14?,17-,18?,19?,22?/m0/s1. The molecule has 2 saturated carbocycles. The normalized spacial score (nSPS) is 30.4. The van der Waals surface area contributed by atoms with Gasteiger partial charge in [-0.05, 0) is 30.2 Å². The van der Waals surface area contributed by atoms with Gasteiger partial charge in [-0.15, -0.1) is 0 Å². The van der Waals surface area contributed by atoms with E-state index in [2.05, 4.69) is 10.2 Å². The molecule has 0 aromatic heterocycles. The Morgan fingerprint density at radius 2 is 1.79 bits per heavy atom. The Morgan fingerprint density at radius 3 is 2.36 bits per heavy atom. The maximum atomic E-state index is 13.2. The molecule has 28 heavy (non-hydrogen) atoms. The number of carboxylic acids is 1. The molecule has 1 aromatic carbocycles. The molecule has 6 nitrogen and oxygen atoms in total. The molecule has 3 fully saturated rings. The minimum absolute atomic E-state index is 0.0404. The summed E-state index contributed by atoms with van der Waals surface area (Å²) in [7, 11) is 0. The summed E-state index contributed by atoms with van der Waals surface area (Å²) in [5.41, 5.74) is -0.784. The van der Waals surface area contributed by atoms with Crippen molar-refractivity contribution in [2.45, 2.75) is 44.2 Å². The van der Waals surface area contributed by atoms with E-state index in [0.717, 1.165) is 38.8 Å². The lowest BCUT2D eigenvalue weighted by atomic mass is 9.79. The van der Waals surface area contributed by atoms with Crippen LogP contribution >= 0.6 is 0 Å². The SMILES string of the molecule is CC(CN1CC2C(NC(=O)C(O)(c3ccccc3)C3CCCC3)[C@H]2C1)C(=O)O. The zero-order valence-corrected chi connectivity index (χ0v) is 16.4. The number of hydrogen-bond acceptors (Lipinski definition) is 4. The predicted molar refractivity (Wildman–Crippen MR) is 104 cm³/mol. The largest absolute Gasteiger partial charge is 0.481 e. The lowest BCUT2D eigenvalue weighted by Gasteiger charge is -2.33. The Morgan fingerprint density at radius 1 is 1.18 bits per heavy atom. The van der Waals surface area contributed by atoms with Gasteiger partial charge < -0.3 is 20.4 Å². The number of likely N-dealkylation sites (tertiary alicyclic amines) is 1. The van der Waals surface area contributed by atoms with Crippen LogP contribution in [0.5, 0.6) is 0 Å². The molecule has 2 aliphatic carbocycles. The molecule has 6 heteroatoms. The van der Waals surface area contributed by atoms with Gasteiger partial charge in [-0.1, -0.05) is 50.1 Å². The number of rotatable bonds is 7. The predicted octanol–water partition coefficient (Wildman–Crippen LogP) is 1.83. The van der Waals surface area contributed by atoms with Crippen molar-refractivity contribution in [3.8, 4) is 0 Å². The van der Waals surface area contributed by atoms with Crippen molar-refractivity contribution in [2.75, 3.05) is 19.6 Å². The van der Waals surface area contributed by atoms with Gasteiger partial charge >= 0.3 is 5.97 Å². The molecule has 1 aliphatic heterocycles. The number of carboxylic acid groups (broad SMARTS) is 1. The highest BCUT2D eigenvalue weighted by atomic mass is 16.4. The van der Waals surface area contributed by atoms with Gasteiger partial charge in [0.25, 0.3) is 5.91 Å². The van der Waals surface area contributed by atoms with Crippen molar-refractivity contribution in [1.82, 2.24) is 10.2 Å². The highest BCUT2D eigenvalue weighted by Crippen LogP contribution is 2.47. The maximum Gasteiger partial charge on any atom is 0.307 e. The Bertz CT molecular complexity index is 721. The fraction of sp³-hybridized carbons (Fsp3) is 0.636. The van der Waals surface area contributed by atoms with Gasteiger partial charge in [-0.2, -0.15) is 0 Å². The highest BCUT2D eigenvalue weighted by molar-refractivity contribution is 5.87. The van der Waals surface area contributed by atoms with E-state index in [1.807, 2.05) is 30.3 Å². The van der Waals surface area contributed by atoms with E-state index in [-0.39, 0.29) is 23.8 Å². The lowest BCUT2D eigenvalue weighted by Crippen LogP contribution is -2.51. The summed E-state index contributed by atoms with van der Waals surface area (Å²) < 4.78 is 0. The summed E-state index contributed by atoms with van der Waals surface area (Å²) >= 11 is 0. The average molecular weight is 386 g/mol. The first-order chi connectivity index (χ1) is 13.4. The molecular weight excluding hydrogens is 356 g/mol. The zero-order valence-electron chi connectivity index (χ0n) is 16.4. The highest BCUT2D eigenvalue weighted by Gasteiger charge is 2.58. The number of carbonyl (C=O) groups is 2. The number of hydrogen-bond donors (Lipinski definition) is 3. The van der Waals surface area contributed by atoms with Gasteiger partial charge in [0, 0.05) is 31.6 Å². The van der Waals surface area contributed by atoms with Crippen molar-refractivity contribution < 1.29 is 19.8 Å². The molecule has 4 unspecified atom stereocenters. The molecule has 1 saturated heterocycles. The topological polar surface area (TPSA) is 89.9 Å². The number of aliphatic hydroxyl groups is 1.